The van der Waals surface area contributed by atoms with Crippen molar-refractivity contribution in [3.63, 3.8) is 0 Å². The minimum atomic E-state index is -0.608. The summed E-state index contributed by atoms with van der Waals surface area (Å²) in [6.07, 6.45) is 4.37. The van der Waals surface area contributed by atoms with Crippen LogP contribution in [0.25, 0.3) is 0 Å². The van der Waals surface area contributed by atoms with E-state index in [1.807, 2.05) is 12.1 Å². The lowest BCUT2D eigenvalue weighted by Crippen LogP contribution is -2.21. The van der Waals surface area contributed by atoms with Crippen molar-refractivity contribution in [1.82, 2.24) is 9.55 Å². The molecule has 0 saturated heterocycles. The fourth-order valence-corrected chi connectivity index (χ4v) is 3.00. The number of ether oxygens (including phenoxy) is 2. The molecule has 3 aromatic rings. The lowest BCUT2D eigenvalue weighted by atomic mass is 10.1. The fourth-order valence-electron chi connectivity index (χ4n) is 2.23. The molecular formula is C18H13Cl3N2O2S. The van der Waals surface area contributed by atoms with Gasteiger partial charge in [0.1, 0.15) is 5.75 Å². The van der Waals surface area contributed by atoms with Gasteiger partial charge in [0.15, 0.2) is 11.6 Å². The van der Waals surface area contributed by atoms with Gasteiger partial charge < -0.3 is 14.0 Å². The third-order valence-corrected chi connectivity index (χ3v) is 4.63. The molecule has 0 fully saturated rings. The molecule has 0 bridgehead atoms. The molecule has 26 heavy (non-hydrogen) atoms. The predicted octanol–water partition coefficient (Wildman–Crippen LogP) is 6.05. The Bertz CT molecular complexity index is 855. The minimum absolute atomic E-state index is 0.0574. The van der Waals surface area contributed by atoms with Gasteiger partial charge in [0.2, 0.25) is 0 Å². The van der Waals surface area contributed by atoms with E-state index < -0.39 is 11.6 Å². The highest BCUT2D eigenvalue weighted by Crippen LogP contribution is 2.34. The molecule has 2 atom stereocenters. The van der Waals surface area contributed by atoms with Crippen molar-refractivity contribution in [2.24, 2.45) is 0 Å². The Morgan fingerprint density at radius 3 is 2.19 bits per heavy atom. The van der Waals surface area contributed by atoms with Gasteiger partial charge >= 0.3 is 5.24 Å². The molecule has 0 aliphatic heterocycles. The Balaban J connectivity index is 1.79. The van der Waals surface area contributed by atoms with Crippen molar-refractivity contribution in [2.75, 3.05) is 0 Å². The summed E-state index contributed by atoms with van der Waals surface area (Å²) >= 11 is 23.7. The first-order valence-corrected chi connectivity index (χ1v) is 9.14. The highest BCUT2D eigenvalue weighted by molar-refractivity contribution is 7.79. The Kier molecular flexibility index (Phi) is 6.38. The van der Waals surface area contributed by atoms with E-state index in [0.717, 1.165) is 5.56 Å². The summed E-state index contributed by atoms with van der Waals surface area (Å²) in [7, 11) is 0. The molecule has 0 radical (unpaired) electrons. The summed E-state index contributed by atoms with van der Waals surface area (Å²) in [4.78, 5) is 4.01. The normalized spacial score (nSPS) is 13.0. The molecule has 0 aliphatic rings. The van der Waals surface area contributed by atoms with Crippen LogP contribution in [0.3, 0.4) is 0 Å². The van der Waals surface area contributed by atoms with Crippen LogP contribution >= 0.6 is 47.0 Å². The maximum atomic E-state index is 6.59. The van der Waals surface area contributed by atoms with Gasteiger partial charge in [-0.25, -0.2) is 4.98 Å². The quantitative estimate of drug-likeness (QED) is 0.367. The standard InChI is InChI=1S/C18H13Cl3N2O2S/c19-13-3-1-12(2-4-13)16(17(21)23-10-9-22-11-23)25-18(26)24-15-7-5-14(20)6-8-15/h1-11,16-17H. The SMILES string of the molecule is S=C(Oc1ccc(Cl)cc1)OC(c1ccc(Cl)cc1)C(Cl)n1ccnc1. The highest BCUT2D eigenvalue weighted by atomic mass is 35.5. The number of alkyl halides is 1. The van der Waals surface area contributed by atoms with E-state index >= 15 is 0 Å². The Morgan fingerprint density at radius 2 is 1.62 bits per heavy atom. The molecule has 2 unspecified atom stereocenters. The van der Waals surface area contributed by atoms with Crippen LogP contribution in [0.2, 0.25) is 10.0 Å². The lowest BCUT2D eigenvalue weighted by molar-refractivity contribution is 0.133. The zero-order valence-electron chi connectivity index (χ0n) is 13.3. The van der Waals surface area contributed by atoms with E-state index in [0.29, 0.717) is 15.8 Å². The maximum Gasteiger partial charge on any atom is 0.358 e. The van der Waals surface area contributed by atoms with Crippen molar-refractivity contribution >= 4 is 52.3 Å². The molecule has 8 heteroatoms. The first kappa shape index (κ1) is 19.0. The molecule has 0 spiro atoms. The molecule has 0 amide bonds. The van der Waals surface area contributed by atoms with Gasteiger partial charge in [-0.3, -0.25) is 0 Å². The molecule has 3 rings (SSSR count). The minimum Gasteiger partial charge on any atom is -0.445 e. The third-order valence-electron chi connectivity index (χ3n) is 3.50. The third kappa shape index (κ3) is 4.89. The van der Waals surface area contributed by atoms with E-state index in [1.54, 1.807) is 59.7 Å². The number of halogens is 3. The summed E-state index contributed by atoms with van der Waals surface area (Å²) in [6, 6.07) is 14.0. The molecule has 0 aliphatic carbocycles. The van der Waals surface area contributed by atoms with Crippen LogP contribution in [0, 0.1) is 0 Å². The summed E-state index contributed by atoms with van der Waals surface area (Å²) in [5, 5.41) is 1.16. The Hall–Kier alpha value is -1.79. The van der Waals surface area contributed by atoms with Crippen LogP contribution in [0.4, 0.5) is 0 Å². The van der Waals surface area contributed by atoms with E-state index in [-0.39, 0.29) is 5.24 Å². The van der Waals surface area contributed by atoms with Crippen LogP contribution in [-0.4, -0.2) is 14.8 Å². The number of imidazole rings is 1. The number of rotatable bonds is 5. The van der Waals surface area contributed by atoms with Gasteiger partial charge in [0, 0.05) is 34.7 Å². The summed E-state index contributed by atoms with van der Waals surface area (Å²) in [5.41, 5.74) is 0.204. The zero-order valence-corrected chi connectivity index (χ0v) is 16.3. The molecular weight excluding hydrogens is 415 g/mol. The topological polar surface area (TPSA) is 36.3 Å². The average molecular weight is 428 g/mol. The second-order valence-electron chi connectivity index (χ2n) is 5.28. The number of aromatic nitrogens is 2. The first-order chi connectivity index (χ1) is 12.5. The summed E-state index contributed by atoms with van der Waals surface area (Å²) < 4.78 is 13.1. The Labute approximate surface area is 171 Å². The average Bonchev–Trinajstić information content (AvgIpc) is 3.17. The predicted molar refractivity (Wildman–Crippen MR) is 107 cm³/mol. The molecule has 1 heterocycles. The molecule has 1 aromatic heterocycles. The number of hydrogen-bond acceptors (Lipinski definition) is 4. The highest BCUT2D eigenvalue weighted by Gasteiger charge is 2.26. The summed E-state index contributed by atoms with van der Waals surface area (Å²) in [6.45, 7) is 0. The van der Waals surface area contributed by atoms with Crippen molar-refractivity contribution in [3.05, 3.63) is 82.9 Å². The molecule has 134 valence electrons. The van der Waals surface area contributed by atoms with Crippen LogP contribution < -0.4 is 4.74 Å². The van der Waals surface area contributed by atoms with Gasteiger partial charge in [0.05, 0.1) is 6.33 Å². The molecule has 0 saturated carbocycles. The summed E-state index contributed by atoms with van der Waals surface area (Å²) in [5.74, 6) is 0.517. The number of hydrogen-bond donors (Lipinski definition) is 0. The Morgan fingerprint density at radius 1 is 1.00 bits per heavy atom. The second-order valence-corrected chi connectivity index (χ2v) is 6.93. The van der Waals surface area contributed by atoms with Crippen molar-refractivity contribution < 1.29 is 9.47 Å². The zero-order chi connectivity index (χ0) is 18.5. The smallest absolute Gasteiger partial charge is 0.358 e. The van der Waals surface area contributed by atoms with Crippen LogP contribution in [0.15, 0.2) is 67.3 Å². The van der Waals surface area contributed by atoms with Crippen LogP contribution in [0.5, 0.6) is 5.75 Å². The van der Waals surface area contributed by atoms with E-state index in [4.69, 9.17) is 56.5 Å². The van der Waals surface area contributed by atoms with Crippen molar-refractivity contribution in [1.29, 1.82) is 0 Å². The first-order valence-electron chi connectivity index (χ1n) is 7.54. The van der Waals surface area contributed by atoms with Crippen molar-refractivity contribution in [2.45, 2.75) is 11.6 Å². The van der Waals surface area contributed by atoms with Gasteiger partial charge in [-0.1, -0.05) is 46.9 Å². The largest absolute Gasteiger partial charge is 0.445 e. The molecule has 4 nitrogen and oxygen atoms in total. The number of benzene rings is 2. The van der Waals surface area contributed by atoms with Crippen molar-refractivity contribution in [3.8, 4) is 5.75 Å². The van der Waals surface area contributed by atoms with E-state index in [1.165, 1.54) is 0 Å². The number of thiocarbonyl (C=S) groups is 1. The second kappa shape index (κ2) is 8.73. The van der Waals surface area contributed by atoms with Gasteiger partial charge in [-0.2, -0.15) is 0 Å². The van der Waals surface area contributed by atoms with Gasteiger partial charge in [-0.15, -0.1) is 0 Å². The van der Waals surface area contributed by atoms with Crippen LogP contribution in [-0.2, 0) is 4.74 Å². The van der Waals surface area contributed by atoms with E-state index in [9.17, 15) is 0 Å². The molecule has 2 aromatic carbocycles. The van der Waals surface area contributed by atoms with Gasteiger partial charge in [-0.05, 0) is 42.0 Å². The van der Waals surface area contributed by atoms with Crippen LogP contribution in [0.1, 0.15) is 17.2 Å². The monoisotopic (exact) mass is 426 g/mol. The van der Waals surface area contributed by atoms with E-state index in [2.05, 4.69) is 4.98 Å². The lowest BCUT2D eigenvalue weighted by Gasteiger charge is -2.24. The molecule has 0 N–H and O–H groups in total. The fraction of sp³-hybridized carbons (Fsp3) is 0.111. The number of nitrogens with zero attached hydrogens (tertiary/aromatic N) is 2. The van der Waals surface area contributed by atoms with Gasteiger partial charge in [0.25, 0.3) is 0 Å². The maximum absolute atomic E-state index is 6.59.